The monoisotopic (exact) mass is 445 g/mol. The van der Waals surface area contributed by atoms with E-state index in [1.807, 2.05) is 0 Å². The number of hydrogen-bond donors (Lipinski definition) is 1. The molecule has 0 fully saturated rings. The highest BCUT2D eigenvalue weighted by atomic mass is 16.5. The molecule has 2 atom stereocenters. The molecule has 0 heterocycles. The molecule has 4 nitrogen and oxygen atoms in total. The highest BCUT2D eigenvalue weighted by Gasteiger charge is 2.35. The van der Waals surface area contributed by atoms with Crippen LogP contribution in [0.25, 0.3) is 0 Å². The molecule has 1 aliphatic carbocycles. The van der Waals surface area contributed by atoms with Crippen LogP contribution in [0.3, 0.4) is 0 Å². The highest BCUT2D eigenvalue weighted by Crippen LogP contribution is 2.30. The summed E-state index contributed by atoms with van der Waals surface area (Å²) >= 11 is 0. The molecule has 0 radical (unpaired) electrons. The predicted molar refractivity (Wildman–Crippen MR) is 133 cm³/mol. The minimum Gasteiger partial charge on any atom is -0.372 e. The Morgan fingerprint density at radius 3 is 2.38 bits per heavy atom. The van der Waals surface area contributed by atoms with Gasteiger partial charge in [-0.1, -0.05) is 84.0 Å². The van der Waals surface area contributed by atoms with Crippen LogP contribution in [0.5, 0.6) is 0 Å². The Morgan fingerprint density at radius 1 is 0.938 bits per heavy atom. The molecule has 1 N–H and O–H groups in total. The Morgan fingerprint density at radius 2 is 1.66 bits per heavy atom. The van der Waals surface area contributed by atoms with E-state index in [0.717, 1.165) is 57.1 Å². The molecular formula is C28H47NO3. The van der Waals surface area contributed by atoms with Crippen molar-refractivity contribution < 1.29 is 14.3 Å². The fourth-order valence-corrected chi connectivity index (χ4v) is 4.04. The van der Waals surface area contributed by atoms with E-state index in [-0.39, 0.29) is 23.7 Å². The largest absolute Gasteiger partial charge is 0.372 e. The van der Waals surface area contributed by atoms with Crippen LogP contribution < -0.4 is 5.32 Å². The van der Waals surface area contributed by atoms with E-state index in [0.29, 0.717) is 13.0 Å². The third-order valence-electron chi connectivity index (χ3n) is 6.01. The normalized spacial score (nSPS) is 17.7. The van der Waals surface area contributed by atoms with Gasteiger partial charge in [0.2, 0.25) is 5.91 Å². The molecule has 0 saturated carbocycles. The van der Waals surface area contributed by atoms with E-state index in [1.165, 1.54) is 44.9 Å². The first-order valence-electron chi connectivity index (χ1n) is 13.3. The van der Waals surface area contributed by atoms with Crippen molar-refractivity contribution in [2.75, 3.05) is 13.2 Å². The zero-order valence-electron chi connectivity index (χ0n) is 21.0. The van der Waals surface area contributed by atoms with E-state index < -0.39 is 0 Å². The van der Waals surface area contributed by atoms with Crippen molar-refractivity contribution in [1.82, 2.24) is 5.32 Å². The van der Waals surface area contributed by atoms with Gasteiger partial charge in [-0.15, -0.1) is 0 Å². The molecule has 0 aliphatic heterocycles. The van der Waals surface area contributed by atoms with Gasteiger partial charge in [0.1, 0.15) is 6.10 Å². The van der Waals surface area contributed by atoms with Crippen molar-refractivity contribution in [3.63, 3.8) is 0 Å². The Bertz CT molecular complexity index is 614. The highest BCUT2D eigenvalue weighted by molar-refractivity contribution is 5.97. The molecule has 0 aromatic heterocycles. The molecule has 4 heteroatoms. The summed E-state index contributed by atoms with van der Waals surface area (Å²) in [6.07, 6.45) is 17.2. The number of rotatable bonds is 18. The first kappa shape index (κ1) is 28.4. The van der Waals surface area contributed by atoms with Crippen LogP contribution in [-0.4, -0.2) is 30.9 Å². The Balaban J connectivity index is 2.54. The molecule has 0 spiro atoms. The zero-order valence-corrected chi connectivity index (χ0v) is 21.0. The summed E-state index contributed by atoms with van der Waals surface area (Å²) in [6, 6.07) is 0. The van der Waals surface area contributed by atoms with Crippen molar-refractivity contribution in [2.45, 2.75) is 123 Å². The fraction of sp³-hybridized carbons (Fsp3) is 0.786. The van der Waals surface area contributed by atoms with Crippen LogP contribution in [-0.2, 0) is 14.3 Å². The second-order valence-corrected chi connectivity index (χ2v) is 9.02. The van der Waals surface area contributed by atoms with Crippen LogP contribution in [0.1, 0.15) is 117 Å². The van der Waals surface area contributed by atoms with Crippen LogP contribution in [0.2, 0.25) is 0 Å². The number of ether oxygens (including phenoxy) is 1. The van der Waals surface area contributed by atoms with Crippen LogP contribution in [0.4, 0.5) is 0 Å². The molecule has 1 rings (SSSR count). The molecular weight excluding hydrogens is 398 g/mol. The first-order valence-corrected chi connectivity index (χ1v) is 13.3. The summed E-state index contributed by atoms with van der Waals surface area (Å²) in [5.74, 6) is 6.74. The number of hydrogen-bond acceptors (Lipinski definition) is 3. The number of unbranched alkanes of at least 4 members (excludes halogenated alkanes) is 9. The average molecular weight is 446 g/mol. The molecule has 1 aliphatic rings. The maximum Gasteiger partial charge on any atom is 0.219 e. The van der Waals surface area contributed by atoms with E-state index >= 15 is 0 Å². The van der Waals surface area contributed by atoms with Crippen molar-refractivity contribution >= 4 is 11.7 Å². The van der Waals surface area contributed by atoms with Gasteiger partial charge in [0.05, 0.1) is 5.92 Å². The average Bonchev–Trinajstić information content (AvgIpc) is 3.08. The molecule has 0 saturated heterocycles. The van der Waals surface area contributed by atoms with E-state index in [9.17, 15) is 9.59 Å². The minimum atomic E-state index is -0.203. The van der Waals surface area contributed by atoms with E-state index in [2.05, 4.69) is 37.9 Å². The second kappa shape index (κ2) is 18.9. The number of nitrogens with one attached hydrogen (secondary N) is 1. The summed E-state index contributed by atoms with van der Waals surface area (Å²) in [4.78, 5) is 24.4. The smallest absolute Gasteiger partial charge is 0.219 e. The third kappa shape index (κ3) is 12.4. The molecule has 182 valence electrons. The number of ketones is 1. The van der Waals surface area contributed by atoms with E-state index in [4.69, 9.17) is 4.74 Å². The van der Waals surface area contributed by atoms with Gasteiger partial charge >= 0.3 is 0 Å². The number of carbonyl (C=O) groups excluding carboxylic acids is 2. The second-order valence-electron chi connectivity index (χ2n) is 9.02. The van der Waals surface area contributed by atoms with Gasteiger partial charge < -0.3 is 10.1 Å². The number of carbonyl (C=O) groups is 2. The zero-order chi connectivity index (χ0) is 23.4. The minimum absolute atomic E-state index is 0.0890. The topological polar surface area (TPSA) is 55.4 Å². The summed E-state index contributed by atoms with van der Waals surface area (Å²) in [7, 11) is 0. The number of amides is 1. The summed E-state index contributed by atoms with van der Waals surface area (Å²) in [5.41, 5.74) is 0.865. The van der Waals surface area contributed by atoms with Crippen molar-refractivity contribution in [2.24, 2.45) is 5.92 Å². The van der Waals surface area contributed by atoms with Gasteiger partial charge in [0, 0.05) is 31.6 Å². The van der Waals surface area contributed by atoms with Crippen LogP contribution >= 0.6 is 0 Å². The quantitative estimate of drug-likeness (QED) is 0.193. The summed E-state index contributed by atoms with van der Waals surface area (Å²) in [6.45, 7) is 7.79. The van der Waals surface area contributed by atoms with Gasteiger partial charge in [-0.2, -0.15) is 0 Å². The van der Waals surface area contributed by atoms with Crippen LogP contribution in [0, 0.1) is 17.8 Å². The van der Waals surface area contributed by atoms with Gasteiger partial charge in [0.25, 0.3) is 0 Å². The molecule has 0 bridgehead atoms. The van der Waals surface area contributed by atoms with Crippen molar-refractivity contribution in [3.05, 3.63) is 11.6 Å². The lowest BCUT2D eigenvalue weighted by molar-refractivity contribution is -0.121. The third-order valence-corrected chi connectivity index (χ3v) is 6.01. The lowest BCUT2D eigenvalue weighted by Crippen LogP contribution is -2.26. The Kier molecular flexibility index (Phi) is 16.8. The SMILES string of the molecule is CCCCCCC#CC1=CC(=O)[C@H](CCCCCCC)[C@@H]1OCCCCC(=O)NCCC. The van der Waals surface area contributed by atoms with Gasteiger partial charge in [-0.05, 0) is 38.2 Å². The summed E-state index contributed by atoms with van der Waals surface area (Å²) < 4.78 is 6.21. The van der Waals surface area contributed by atoms with Gasteiger partial charge in [-0.25, -0.2) is 0 Å². The lowest BCUT2D eigenvalue weighted by atomic mass is 9.93. The maximum absolute atomic E-state index is 12.7. The van der Waals surface area contributed by atoms with Crippen molar-refractivity contribution in [3.8, 4) is 11.8 Å². The predicted octanol–water partition coefficient (Wildman–Crippen LogP) is 6.53. The first-order chi connectivity index (χ1) is 15.6. The van der Waals surface area contributed by atoms with Crippen LogP contribution in [0.15, 0.2) is 11.6 Å². The lowest BCUT2D eigenvalue weighted by Gasteiger charge is -2.21. The molecule has 0 unspecified atom stereocenters. The molecule has 1 amide bonds. The van der Waals surface area contributed by atoms with Gasteiger partial charge in [-0.3, -0.25) is 9.59 Å². The Hall–Kier alpha value is -1.60. The standard InChI is InChI=1S/C28H47NO3/c1-4-7-9-11-13-14-18-24-23-26(30)25(19-15-12-10-8-5-2)28(24)32-22-17-16-20-27(31)29-21-6-3/h23,25,28H,4-13,15-17,19-22H2,1-3H3,(H,29,31)/t25-,28+/m0/s1. The molecule has 32 heavy (non-hydrogen) atoms. The number of allylic oxidation sites excluding steroid dienone is 1. The van der Waals surface area contributed by atoms with Gasteiger partial charge in [0.15, 0.2) is 5.78 Å². The maximum atomic E-state index is 12.7. The Labute approximate surface area is 197 Å². The van der Waals surface area contributed by atoms with E-state index in [1.54, 1.807) is 6.08 Å². The fourth-order valence-electron chi connectivity index (χ4n) is 4.04. The summed E-state index contributed by atoms with van der Waals surface area (Å²) in [5, 5.41) is 2.91. The van der Waals surface area contributed by atoms with Crippen molar-refractivity contribution in [1.29, 1.82) is 0 Å². The molecule has 0 aromatic carbocycles. The molecule has 0 aromatic rings.